The van der Waals surface area contributed by atoms with E-state index in [1.54, 1.807) is 0 Å². The minimum atomic E-state index is 0.341. The van der Waals surface area contributed by atoms with Gasteiger partial charge in [-0.25, -0.2) is 0 Å². The Labute approximate surface area is 49.9 Å². The summed E-state index contributed by atoms with van der Waals surface area (Å²) in [5.74, 6) is 0.509. The summed E-state index contributed by atoms with van der Waals surface area (Å²) in [5.41, 5.74) is 0. The highest BCUT2D eigenvalue weighted by molar-refractivity contribution is 4.78. The van der Waals surface area contributed by atoms with Crippen LogP contribution in [0, 0.1) is 5.92 Å². The molecule has 1 aliphatic rings. The Morgan fingerprint density at radius 1 is 1.75 bits per heavy atom. The van der Waals surface area contributed by atoms with Gasteiger partial charge in [0.05, 0.1) is 0 Å². The van der Waals surface area contributed by atoms with E-state index in [0.29, 0.717) is 18.6 Å². The lowest BCUT2D eigenvalue weighted by Gasteiger charge is -2.09. The van der Waals surface area contributed by atoms with Crippen molar-refractivity contribution < 1.29 is 5.11 Å². The van der Waals surface area contributed by atoms with Crippen LogP contribution < -0.4 is 5.32 Å². The zero-order chi connectivity index (χ0) is 5.98. The summed E-state index contributed by atoms with van der Waals surface area (Å²) in [5, 5.41) is 12.0. The maximum atomic E-state index is 8.70. The normalized spacial score (nSPS) is 38.2. The van der Waals surface area contributed by atoms with Crippen LogP contribution in [-0.2, 0) is 0 Å². The van der Waals surface area contributed by atoms with Crippen LogP contribution in [0.4, 0.5) is 0 Å². The first-order chi connectivity index (χ1) is 3.84. The number of hydrogen-bond acceptors (Lipinski definition) is 2. The number of nitrogens with one attached hydrogen (secondary N) is 1. The molecule has 2 N–H and O–H groups in total. The van der Waals surface area contributed by atoms with Crippen LogP contribution in [0.1, 0.15) is 13.3 Å². The molecule has 0 aromatic heterocycles. The summed E-state index contributed by atoms with van der Waals surface area (Å²) in [6.45, 7) is 3.54. The Balaban J connectivity index is 2.30. The van der Waals surface area contributed by atoms with E-state index in [-0.39, 0.29) is 0 Å². The molecule has 2 heteroatoms. The summed E-state index contributed by atoms with van der Waals surface area (Å²) < 4.78 is 0. The molecule has 2 atom stereocenters. The molecule has 1 rings (SSSR count). The van der Waals surface area contributed by atoms with Gasteiger partial charge in [-0.05, 0) is 25.8 Å². The third kappa shape index (κ3) is 1.01. The minimum Gasteiger partial charge on any atom is -0.396 e. The van der Waals surface area contributed by atoms with Crippen LogP contribution in [0.15, 0.2) is 0 Å². The maximum absolute atomic E-state index is 8.70. The van der Waals surface area contributed by atoms with Gasteiger partial charge >= 0.3 is 0 Å². The lowest BCUT2D eigenvalue weighted by molar-refractivity contribution is 0.218. The number of rotatable bonds is 1. The molecule has 48 valence electrons. The van der Waals surface area contributed by atoms with E-state index in [1.165, 1.54) is 0 Å². The lowest BCUT2D eigenvalue weighted by Crippen LogP contribution is -2.24. The van der Waals surface area contributed by atoms with Crippen LogP contribution in [0.25, 0.3) is 0 Å². The quantitative estimate of drug-likeness (QED) is 0.503. The van der Waals surface area contributed by atoms with Gasteiger partial charge in [0.15, 0.2) is 0 Å². The molecule has 1 aliphatic heterocycles. The van der Waals surface area contributed by atoms with Crippen LogP contribution in [0.3, 0.4) is 0 Å². The van der Waals surface area contributed by atoms with Crippen molar-refractivity contribution in [1.29, 1.82) is 0 Å². The van der Waals surface area contributed by atoms with Gasteiger partial charge in [0.1, 0.15) is 0 Å². The van der Waals surface area contributed by atoms with E-state index < -0.39 is 0 Å². The van der Waals surface area contributed by atoms with E-state index in [4.69, 9.17) is 5.11 Å². The molecule has 8 heavy (non-hydrogen) atoms. The zero-order valence-corrected chi connectivity index (χ0v) is 5.22. The number of aliphatic hydroxyl groups excluding tert-OH is 1. The molecular formula is C6H13NO. The highest BCUT2D eigenvalue weighted by atomic mass is 16.3. The Morgan fingerprint density at radius 2 is 2.50 bits per heavy atom. The molecule has 2 unspecified atom stereocenters. The molecule has 1 heterocycles. The molecule has 0 spiro atoms. The molecule has 1 fully saturated rings. The van der Waals surface area contributed by atoms with Gasteiger partial charge in [-0.15, -0.1) is 0 Å². The van der Waals surface area contributed by atoms with Crippen molar-refractivity contribution in [2.24, 2.45) is 5.92 Å². The fraction of sp³-hybridized carbons (Fsp3) is 1.00. The second-order valence-electron chi connectivity index (χ2n) is 2.47. The predicted octanol–water partition coefficient (Wildman–Crippen LogP) is -0.0233. The monoisotopic (exact) mass is 115 g/mol. The molecule has 0 aliphatic carbocycles. The third-order valence-corrected chi connectivity index (χ3v) is 1.92. The van der Waals surface area contributed by atoms with Crippen LogP contribution >= 0.6 is 0 Å². The summed E-state index contributed by atoms with van der Waals surface area (Å²) >= 11 is 0. The van der Waals surface area contributed by atoms with Crippen LogP contribution in [0.2, 0.25) is 0 Å². The Hall–Kier alpha value is -0.0800. The van der Waals surface area contributed by atoms with Crippen LogP contribution in [0.5, 0.6) is 0 Å². The fourth-order valence-corrected chi connectivity index (χ4v) is 1.16. The van der Waals surface area contributed by atoms with Gasteiger partial charge in [0.25, 0.3) is 0 Å². The summed E-state index contributed by atoms with van der Waals surface area (Å²) in [4.78, 5) is 0. The Kier molecular flexibility index (Phi) is 1.86. The summed E-state index contributed by atoms with van der Waals surface area (Å²) in [6.07, 6.45) is 1.14. The topological polar surface area (TPSA) is 32.3 Å². The second-order valence-corrected chi connectivity index (χ2v) is 2.47. The van der Waals surface area contributed by atoms with Gasteiger partial charge in [0, 0.05) is 12.6 Å². The molecule has 2 nitrogen and oxygen atoms in total. The summed E-state index contributed by atoms with van der Waals surface area (Å²) in [6, 6.07) is 0.528. The predicted molar refractivity (Wildman–Crippen MR) is 32.7 cm³/mol. The smallest absolute Gasteiger partial charge is 0.0474 e. The first-order valence-corrected chi connectivity index (χ1v) is 3.19. The highest BCUT2D eigenvalue weighted by Crippen LogP contribution is 2.12. The molecule has 0 aromatic rings. The Bertz CT molecular complexity index is 74.9. The van der Waals surface area contributed by atoms with Gasteiger partial charge in [-0.2, -0.15) is 0 Å². The molecule has 0 saturated carbocycles. The van der Waals surface area contributed by atoms with Crippen molar-refractivity contribution >= 4 is 0 Å². The standard InChI is InChI=1S/C6H13NO/c1-5-6(4-8)2-3-7-5/h5-8H,2-4H2,1H3. The fourth-order valence-electron chi connectivity index (χ4n) is 1.16. The maximum Gasteiger partial charge on any atom is 0.0474 e. The number of hydrogen-bond donors (Lipinski definition) is 2. The van der Waals surface area contributed by atoms with Gasteiger partial charge in [-0.1, -0.05) is 0 Å². The van der Waals surface area contributed by atoms with Crippen molar-refractivity contribution in [1.82, 2.24) is 5.32 Å². The van der Waals surface area contributed by atoms with Crippen molar-refractivity contribution in [3.63, 3.8) is 0 Å². The highest BCUT2D eigenvalue weighted by Gasteiger charge is 2.20. The minimum absolute atomic E-state index is 0.341. The molecule has 0 amide bonds. The van der Waals surface area contributed by atoms with Crippen molar-refractivity contribution in [2.75, 3.05) is 13.2 Å². The van der Waals surface area contributed by atoms with E-state index >= 15 is 0 Å². The van der Waals surface area contributed by atoms with Gasteiger partial charge < -0.3 is 10.4 Å². The average molecular weight is 115 g/mol. The summed E-state index contributed by atoms with van der Waals surface area (Å²) in [7, 11) is 0. The van der Waals surface area contributed by atoms with Crippen molar-refractivity contribution in [3.8, 4) is 0 Å². The van der Waals surface area contributed by atoms with Crippen molar-refractivity contribution in [3.05, 3.63) is 0 Å². The van der Waals surface area contributed by atoms with Gasteiger partial charge in [0.2, 0.25) is 0 Å². The van der Waals surface area contributed by atoms with E-state index in [1.807, 2.05) is 0 Å². The molecule has 0 aromatic carbocycles. The third-order valence-electron chi connectivity index (χ3n) is 1.92. The van der Waals surface area contributed by atoms with Crippen LogP contribution in [-0.4, -0.2) is 24.3 Å². The Morgan fingerprint density at radius 3 is 2.75 bits per heavy atom. The average Bonchev–Trinajstić information content (AvgIpc) is 2.14. The number of aliphatic hydroxyl groups is 1. The molecule has 1 saturated heterocycles. The van der Waals surface area contributed by atoms with E-state index in [9.17, 15) is 0 Å². The largest absolute Gasteiger partial charge is 0.396 e. The lowest BCUT2D eigenvalue weighted by atomic mass is 10.0. The zero-order valence-electron chi connectivity index (χ0n) is 5.22. The van der Waals surface area contributed by atoms with E-state index in [0.717, 1.165) is 13.0 Å². The van der Waals surface area contributed by atoms with E-state index in [2.05, 4.69) is 12.2 Å². The molecular weight excluding hydrogens is 102 g/mol. The van der Waals surface area contributed by atoms with Crippen molar-refractivity contribution in [2.45, 2.75) is 19.4 Å². The second kappa shape index (κ2) is 2.46. The first kappa shape index (κ1) is 6.05. The first-order valence-electron chi connectivity index (χ1n) is 3.19. The molecule has 0 radical (unpaired) electrons. The SMILES string of the molecule is CC1NCCC1CO. The molecule has 0 bridgehead atoms. The van der Waals surface area contributed by atoms with Gasteiger partial charge in [-0.3, -0.25) is 0 Å².